The highest BCUT2D eigenvalue weighted by Gasteiger charge is 2.33. The Labute approximate surface area is 173 Å². The van der Waals surface area contributed by atoms with Crippen molar-refractivity contribution in [2.75, 3.05) is 24.5 Å². The number of piperidine rings is 1. The minimum atomic E-state index is -0.503. The lowest BCUT2D eigenvalue weighted by molar-refractivity contribution is 0.00898. The van der Waals surface area contributed by atoms with E-state index < -0.39 is 5.60 Å². The number of likely N-dealkylation sites (tertiary alicyclic amines) is 1. The van der Waals surface area contributed by atoms with Crippen LogP contribution in [-0.4, -0.2) is 50.8 Å². The molecule has 0 N–H and O–H groups in total. The highest BCUT2D eigenvalue weighted by Crippen LogP contribution is 2.34. The molecule has 4 heterocycles. The second-order valence-corrected chi connectivity index (χ2v) is 9.36. The van der Waals surface area contributed by atoms with Gasteiger partial charge in [-0.15, -0.1) is 0 Å². The van der Waals surface area contributed by atoms with Gasteiger partial charge < -0.3 is 9.64 Å². The maximum atomic E-state index is 12.8. The van der Waals surface area contributed by atoms with Crippen molar-refractivity contribution in [1.82, 2.24) is 19.5 Å². The minimum Gasteiger partial charge on any atom is -0.444 e. The van der Waals surface area contributed by atoms with Gasteiger partial charge in [-0.3, -0.25) is 4.90 Å². The molecule has 0 radical (unpaired) electrons. The van der Waals surface area contributed by atoms with Crippen molar-refractivity contribution in [3.05, 3.63) is 23.0 Å². The van der Waals surface area contributed by atoms with Crippen molar-refractivity contribution in [2.45, 2.75) is 78.4 Å². The summed E-state index contributed by atoms with van der Waals surface area (Å²) in [4.78, 5) is 21.9. The molecule has 0 spiro atoms. The average Bonchev–Trinajstić information content (AvgIpc) is 3.31. The summed E-state index contributed by atoms with van der Waals surface area (Å²) in [6.07, 6.45) is 5.16. The number of carbonyl (C=O) groups is 1. The first-order chi connectivity index (χ1) is 13.7. The highest BCUT2D eigenvalue weighted by molar-refractivity contribution is 5.69. The molecule has 2 fully saturated rings. The molecule has 7 nitrogen and oxygen atoms in total. The van der Waals surface area contributed by atoms with Crippen LogP contribution < -0.4 is 4.90 Å². The molecule has 0 bridgehead atoms. The molecule has 2 aliphatic heterocycles. The van der Waals surface area contributed by atoms with E-state index in [-0.39, 0.29) is 12.1 Å². The summed E-state index contributed by atoms with van der Waals surface area (Å²) < 4.78 is 7.67. The molecule has 1 amide bonds. The zero-order chi connectivity index (χ0) is 20.8. The Bertz CT molecular complexity index is 908. The molecule has 1 unspecified atom stereocenters. The molecule has 0 aliphatic carbocycles. The Kier molecular flexibility index (Phi) is 5.17. The largest absolute Gasteiger partial charge is 0.444 e. The predicted octanol–water partition coefficient (Wildman–Crippen LogP) is 4.41. The fraction of sp³-hybridized carbons (Fsp3) is 0.682. The number of hydrogen-bond acceptors (Lipinski definition) is 5. The lowest BCUT2D eigenvalue weighted by Gasteiger charge is -2.35. The van der Waals surface area contributed by atoms with Gasteiger partial charge in [0.05, 0.1) is 11.7 Å². The van der Waals surface area contributed by atoms with Gasteiger partial charge in [-0.25, -0.2) is 9.78 Å². The number of nitrogens with zero attached hydrogens (tertiary/aromatic N) is 5. The van der Waals surface area contributed by atoms with Crippen LogP contribution in [0.3, 0.4) is 0 Å². The van der Waals surface area contributed by atoms with E-state index in [0.717, 1.165) is 55.2 Å². The first-order valence-corrected chi connectivity index (χ1v) is 10.9. The van der Waals surface area contributed by atoms with E-state index in [2.05, 4.69) is 24.8 Å². The molecule has 2 aliphatic rings. The third kappa shape index (κ3) is 3.91. The van der Waals surface area contributed by atoms with Gasteiger partial charge in [0.15, 0.2) is 5.65 Å². The molecular formula is C22H33N5O2. The van der Waals surface area contributed by atoms with Crippen LogP contribution in [0.15, 0.2) is 6.07 Å². The molecule has 2 aromatic rings. The maximum absolute atomic E-state index is 12.8. The number of rotatable bonds is 2. The zero-order valence-electron chi connectivity index (χ0n) is 18.4. The molecule has 0 saturated carbocycles. The summed E-state index contributed by atoms with van der Waals surface area (Å²) in [6, 6.07) is 1.99. The first kappa shape index (κ1) is 20.0. The Morgan fingerprint density at radius 1 is 1.10 bits per heavy atom. The summed E-state index contributed by atoms with van der Waals surface area (Å²) >= 11 is 0. The van der Waals surface area contributed by atoms with Crippen molar-refractivity contribution >= 4 is 17.6 Å². The van der Waals surface area contributed by atoms with Gasteiger partial charge in [0.2, 0.25) is 0 Å². The van der Waals surface area contributed by atoms with E-state index in [9.17, 15) is 4.79 Å². The van der Waals surface area contributed by atoms with Crippen LogP contribution in [0.5, 0.6) is 0 Å². The Morgan fingerprint density at radius 3 is 2.48 bits per heavy atom. The molecule has 4 rings (SSSR count). The number of hydrogen-bond donors (Lipinski definition) is 0. The molecule has 2 saturated heterocycles. The first-order valence-electron chi connectivity index (χ1n) is 10.9. The summed E-state index contributed by atoms with van der Waals surface area (Å²) in [5.41, 5.74) is 3.49. The number of ether oxygens (including phenoxy) is 1. The Balaban J connectivity index is 1.73. The quantitative estimate of drug-likeness (QED) is 0.749. The number of aromatic nitrogens is 3. The fourth-order valence-corrected chi connectivity index (χ4v) is 4.44. The molecular weight excluding hydrogens is 366 g/mol. The second-order valence-electron chi connectivity index (χ2n) is 9.36. The SMILES string of the molecule is Cc1nc2cc(C3CCCCN3C(=O)OC(C)(C)C)nn2c(N2CCCC2)c1C. The van der Waals surface area contributed by atoms with Crippen LogP contribution in [0.25, 0.3) is 5.65 Å². The van der Waals surface area contributed by atoms with E-state index in [1.54, 1.807) is 0 Å². The number of amides is 1. The molecule has 158 valence electrons. The van der Waals surface area contributed by atoms with Crippen LogP contribution in [0, 0.1) is 13.8 Å². The van der Waals surface area contributed by atoms with Crippen LogP contribution in [0.1, 0.15) is 75.9 Å². The summed E-state index contributed by atoms with van der Waals surface area (Å²) in [7, 11) is 0. The Morgan fingerprint density at radius 2 is 1.79 bits per heavy atom. The zero-order valence-corrected chi connectivity index (χ0v) is 18.4. The Hall–Kier alpha value is -2.31. The van der Waals surface area contributed by atoms with E-state index in [0.29, 0.717) is 6.54 Å². The van der Waals surface area contributed by atoms with E-state index in [4.69, 9.17) is 14.8 Å². The third-order valence-corrected chi connectivity index (χ3v) is 5.95. The van der Waals surface area contributed by atoms with Gasteiger partial charge in [0.1, 0.15) is 11.4 Å². The summed E-state index contributed by atoms with van der Waals surface area (Å²) in [5.74, 6) is 1.15. The fourth-order valence-electron chi connectivity index (χ4n) is 4.44. The summed E-state index contributed by atoms with van der Waals surface area (Å²) in [5, 5.41) is 4.98. The number of carbonyl (C=O) groups excluding carboxylic acids is 1. The lowest BCUT2D eigenvalue weighted by atomic mass is 10.00. The van der Waals surface area contributed by atoms with Gasteiger partial charge in [-0.1, -0.05) is 0 Å². The van der Waals surface area contributed by atoms with Crippen molar-refractivity contribution in [3.8, 4) is 0 Å². The average molecular weight is 400 g/mol. The highest BCUT2D eigenvalue weighted by atomic mass is 16.6. The molecule has 1 atom stereocenters. The van der Waals surface area contributed by atoms with Crippen LogP contribution in [-0.2, 0) is 4.74 Å². The molecule has 2 aromatic heterocycles. The normalized spacial score (nSPS) is 20.5. The van der Waals surface area contributed by atoms with Crippen molar-refractivity contribution in [3.63, 3.8) is 0 Å². The number of fused-ring (bicyclic) bond motifs is 1. The van der Waals surface area contributed by atoms with Gasteiger partial charge in [0, 0.05) is 37.0 Å². The van der Waals surface area contributed by atoms with Crippen LogP contribution in [0.2, 0.25) is 0 Å². The van der Waals surface area contributed by atoms with Gasteiger partial charge in [-0.05, 0) is 66.7 Å². The van der Waals surface area contributed by atoms with E-state index in [1.807, 2.05) is 30.2 Å². The minimum absolute atomic E-state index is 0.0626. The van der Waals surface area contributed by atoms with Crippen molar-refractivity contribution < 1.29 is 9.53 Å². The molecule has 7 heteroatoms. The van der Waals surface area contributed by atoms with Gasteiger partial charge in [0.25, 0.3) is 0 Å². The van der Waals surface area contributed by atoms with E-state index >= 15 is 0 Å². The van der Waals surface area contributed by atoms with Crippen molar-refractivity contribution in [2.24, 2.45) is 0 Å². The topological polar surface area (TPSA) is 63.0 Å². The van der Waals surface area contributed by atoms with Gasteiger partial charge in [-0.2, -0.15) is 9.61 Å². The van der Waals surface area contributed by atoms with E-state index in [1.165, 1.54) is 18.4 Å². The van der Waals surface area contributed by atoms with Crippen molar-refractivity contribution in [1.29, 1.82) is 0 Å². The third-order valence-electron chi connectivity index (χ3n) is 5.95. The molecule has 0 aromatic carbocycles. The molecule has 29 heavy (non-hydrogen) atoms. The van der Waals surface area contributed by atoms with Crippen LogP contribution in [0.4, 0.5) is 10.6 Å². The lowest BCUT2D eigenvalue weighted by Crippen LogP contribution is -2.42. The van der Waals surface area contributed by atoms with Crippen LogP contribution >= 0.6 is 0 Å². The maximum Gasteiger partial charge on any atom is 0.410 e. The smallest absolute Gasteiger partial charge is 0.410 e. The predicted molar refractivity (Wildman–Crippen MR) is 113 cm³/mol. The number of anilines is 1. The van der Waals surface area contributed by atoms with Gasteiger partial charge >= 0.3 is 6.09 Å². The summed E-state index contributed by atoms with van der Waals surface area (Å²) in [6.45, 7) is 12.7. The second kappa shape index (κ2) is 7.50. The monoisotopic (exact) mass is 399 g/mol. The number of aryl methyl sites for hydroxylation is 1. The standard InChI is InChI=1S/C22H33N5O2/c1-15-16(2)23-19-14-17(24-27(19)20(15)25-11-8-9-12-25)18-10-6-7-13-26(18)21(28)29-22(3,4)5/h14,18H,6-13H2,1-5H3.